The van der Waals surface area contributed by atoms with Gasteiger partial charge in [-0.15, -0.1) is 0 Å². The normalized spacial score (nSPS) is 15.1. The first kappa shape index (κ1) is 24.4. The van der Waals surface area contributed by atoms with E-state index in [9.17, 15) is 21.6 Å². The number of aromatic nitrogens is 4. The summed E-state index contributed by atoms with van der Waals surface area (Å²) in [5.74, 6) is -0.753. The SMILES string of the molecule is CCCS(=O)(=O)Nc1nc2ccccc2nc1OC(C1=CCN(c2cnccn2)C=C1)C(F)(F)F. The molecule has 1 unspecified atom stereocenters. The number of halogens is 3. The molecular formula is C22H21F3N6O3S. The monoisotopic (exact) mass is 506 g/mol. The molecule has 0 bridgehead atoms. The number of sulfonamides is 1. The minimum absolute atomic E-state index is 0.0971. The molecule has 3 heterocycles. The molecule has 1 aliphatic heterocycles. The molecule has 3 aromatic rings. The molecule has 9 nitrogen and oxygen atoms in total. The molecule has 0 spiro atoms. The second-order valence-corrected chi connectivity index (χ2v) is 9.40. The number of anilines is 2. The Labute approximate surface area is 199 Å². The molecule has 0 amide bonds. The van der Waals surface area contributed by atoms with Crippen molar-refractivity contribution in [2.45, 2.75) is 25.6 Å². The summed E-state index contributed by atoms with van der Waals surface area (Å²) in [6.45, 7) is 1.76. The number of fused-ring (bicyclic) bond motifs is 1. The maximum absolute atomic E-state index is 14.1. The highest BCUT2D eigenvalue weighted by Gasteiger charge is 2.45. The quantitative estimate of drug-likeness (QED) is 0.491. The molecule has 13 heteroatoms. The summed E-state index contributed by atoms with van der Waals surface area (Å²) in [6.07, 6.45) is 1.57. The Bertz CT molecular complexity index is 1360. The second kappa shape index (κ2) is 9.86. The van der Waals surface area contributed by atoms with E-state index in [-0.39, 0.29) is 23.4 Å². The fourth-order valence-corrected chi connectivity index (χ4v) is 4.41. The van der Waals surface area contributed by atoms with Crippen LogP contribution in [0.1, 0.15) is 13.3 Å². The maximum Gasteiger partial charge on any atom is 0.429 e. The third-order valence-electron chi connectivity index (χ3n) is 4.91. The lowest BCUT2D eigenvalue weighted by Crippen LogP contribution is -2.38. The summed E-state index contributed by atoms with van der Waals surface area (Å²) in [4.78, 5) is 18.0. The third-order valence-corrected chi connectivity index (χ3v) is 6.36. The van der Waals surface area contributed by atoms with Gasteiger partial charge in [-0.1, -0.05) is 25.1 Å². The van der Waals surface area contributed by atoms with Crippen LogP contribution < -0.4 is 14.4 Å². The van der Waals surface area contributed by atoms with Crippen LogP contribution in [-0.4, -0.2) is 52.9 Å². The molecule has 1 atom stereocenters. The highest BCUT2D eigenvalue weighted by atomic mass is 32.2. The predicted octanol–water partition coefficient (Wildman–Crippen LogP) is 3.84. The lowest BCUT2D eigenvalue weighted by molar-refractivity contribution is -0.183. The molecule has 0 saturated heterocycles. The summed E-state index contributed by atoms with van der Waals surface area (Å²) in [6, 6.07) is 6.40. The lowest BCUT2D eigenvalue weighted by Gasteiger charge is -2.27. The average molecular weight is 507 g/mol. The van der Waals surface area contributed by atoms with Crippen molar-refractivity contribution in [2.24, 2.45) is 0 Å². The Morgan fingerprint density at radius 1 is 1.17 bits per heavy atom. The van der Waals surface area contributed by atoms with Gasteiger partial charge >= 0.3 is 6.18 Å². The summed E-state index contributed by atoms with van der Waals surface area (Å²) >= 11 is 0. The van der Waals surface area contributed by atoms with Crippen molar-refractivity contribution in [2.75, 3.05) is 21.9 Å². The van der Waals surface area contributed by atoms with Crippen molar-refractivity contribution in [3.05, 3.63) is 66.8 Å². The number of ether oxygens (including phenoxy) is 1. The molecule has 35 heavy (non-hydrogen) atoms. The number of hydrogen-bond acceptors (Lipinski definition) is 8. The van der Waals surface area contributed by atoms with Gasteiger partial charge in [0.2, 0.25) is 21.9 Å². The number of hydrogen-bond donors (Lipinski definition) is 1. The Morgan fingerprint density at radius 2 is 1.91 bits per heavy atom. The van der Waals surface area contributed by atoms with Crippen LogP contribution in [0.15, 0.2) is 66.8 Å². The van der Waals surface area contributed by atoms with E-state index in [0.717, 1.165) is 0 Å². The molecular weight excluding hydrogens is 485 g/mol. The van der Waals surface area contributed by atoms with E-state index in [1.807, 2.05) is 0 Å². The summed E-state index contributed by atoms with van der Waals surface area (Å²) in [5.41, 5.74) is 0.382. The molecule has 2 aromatic heterocycles. The first-order chi connectivity index (χ1) is 16.7. The maximum atomic E-state index is 14.1. The van der Waals surface area contributed by atoms with Gasteiger partial charge in [-0.05, 0) is 24.6 Å². The van der Waals surface area contributed by atoms with Crippen LogP contribution in [-0.2, 0) is 10.0 Å². The van der Waals surface area contributed by atoms with Crippen molar-refractivity contribution in [1.82, 2.24) is 19.9 Å². The van der Waals surface area contributed by atoms with Gasteiger partial charge in [0.15, 0.2) is 5.82 Å². The summed E-state index contributed by atoms with van der Waals surface area (Å²) in [5, 5.41) is 0. The number of benzene rings is 1. The zero-order valence-electron chi connectivity index (χ0n) is 18.5. The molecule has 0 fully saturated rings. The summed E-state index contributed by atoms with van der Waals surface area (Å²) < 4.78 is 74.5. The van der Waals surface area contributed by atoms with Crippen LogP contribution in [0.25, 0.3) is 11.0 Å². The smallest absolute Gasteiger partial charge is 0.429 e. The van der Waals surface area contributed by atoms with E-state index in [2.05, 4.69) is 24.7 Å². The topological polar surface area (TPSA) is 110 Å². The molecule has 0 radical (unpaired) electrons. The van der Waals surface area contributed by atoms with Gasteiger partial charge in [0, 0.05) is 30.7 Å². The second-order valence-electron chi connectivity index (χ2n) is 7.56. The molecule has 184 valence electrons. The minimum atomic E-state index is -4.82. The van der Waals surface area contributed by atoms with Gasteiger partial charge in [0.1, 0.15) is 0 Å². The van der Waals surface area contributed by atoms with Gasteiger partial charge in [-0.2, -0.15) is 13.2 Å². The highest BCUT2D eigenvalue weighted by molar-refractivity contribution is 7.92. The van der Waals surface area contributed by atoms with E-state index < -0.39 is 34.0 Å². The van der Waals surface area contributed by atoms with E-state index in [4.69, 9.17) is 4.74 Å². The van der Waals surface area contributed by atoms with Crippen LogP contribution in [0.5, 0.6) is 5.88 Å². The van der Waals surface area contributed by atoms with Crippen molar-refractivity contribution in [1.29, 1.82) is 0 Å². The van der Waals surface area contributed by atoms with Crippen LogP contribution in [0, 0.1) is 0 Å². The van der Waals surface area contributed by atoms with Gasteiger partial charge in [-0.3, -0.25) is 9.71 Å². The highest BCUT2D eigenvalue weighted by Crippen LogP contribution is 2.34. The predicted molar refractivity (Wildman–Crippen MR) is 124 cm³/mol. The van der Waals surface area contributed by atoms with Crippen LogP contribution >= 0.6 is 0 Å². The van der Waals surface area contributed by atoms with Crippen LogP contribution in [0.2, 0.25) is 0 Å². The lowest BCUT2D eigenvalue weighted by atomic mass is 10.1. The largest absolute Gasteiger partial charge is 0.457 e. The third kappa shape index (κ3) is 5.85. The molecule has 1 N–H and O–H groups in total. The number of alkyl halides is 3. The van der Waals surface area contributed by atoms with Gasteiger partial charge in [-0.25, -0.2) is 23.4 Å². The van der Waals surface area contributed by atoms with Gasteiger partial charge in [0.25, 0.3) is 5.88 Å². The van der Waals surface area contributed by atoms with E-state index in [1.165, 1.54) is 36.9 Å². The number of nitrogens with zero attached hydrogens (tertiary/aromatic N) is 5. The minimum Gasteiger partial charge on any atom is -0.457 e. The van der Waals surface area contributed by atoms with Crippen molar-refractivity contribution < 1.29 is 26.3 Å². The van der Waals surface area contributed by atoms with Crippen molar-refractivity contribution in [3.8, 4) is 5.88 Å². The van der Waals surface area contributed by atoms with E-state index in [0.29, 0.717) is 17.8 Å². The van der Waals surface area contributed by atoms with Gasteiger partial charge in [0.05, 0.1) is 23.0 Å². The zero-order chi connectivity index (χ0) is 25.1. The summed E-state index contributed by atoms with van der Waals surface area (Å²) in [7, 11) is -3.87. The first-order valence-corrected chi connectivity index (χ1v) is 12.2. The standard InChI is InChI=1S/C22H21F3N6O3S/c1-2-13-35(32,33)30-20-21(29-17-6-4-3-5-16(17)28-20)34-19(22(23,24)25)15-7-11-31(12-8-15)18-14-26-9-10-27-18/h3-11,14,19H,2,12-13H2,1H3,(H,28,30). The number of nitrogens with one attached hydrogen (secondary N) is 1. The fraction of sp³-hybridized carbons (Fsp3) is 0.273. The Morgan fingerprint density at radius 3 is 2.51 bits per heavy atom. The number of rotatable bonds is 8. The Kier molecular flexibility index (Phi) is 6.87. The van der Waals surface area contributed by atoms with Crippen molar-refractivity contribution in [3.63, 3.8) is 0 Å². The van der Waals surface area contributed by atoms with E-state index >= 15 is 0 Å². The molecule has 0 aliphatic carbocycles. The Hall–Kier alpha value is -3.74. The van der Waals surface area contributed by atoms with Crippen LogP contribution in [0.3, 0.4) is 0 Å². The van der Waals surface area contributed by atoms with Crippen LogP contribution in [0.4, 0.5) is 24.8 Å². The molecule has 1 aromatic carbocycles. The van der Waals surface area contributed by atoms with E-state index in [1.54, 1.807) is 36.1 Å². The van der Waals surface area contributed by atoms with Gasteiger partial charge < -0.3 is 9.64 Å². The average Bonchev–Trinajstić information content (AvgIpc) is 2.82. The molecule has 0 saturated carbocycles. The molecule has 1 aliphatic rings. The van der Waals surface area contributed by atoms with Crippen molar-refractivity contribution >= 4 is 32.7 Å². The Balaban J connectivity index is 1.68. The zero-order valence-corrected chi connectivity index (χ0v) is 19.3. The first-order valence-electron chi connectivity index (χ1n) is 10.6. The molecule has 4 rings (SSSR count). The number of para-hydroxylation sites is 2. The fourth-order valence-electron chi connectivity index (χ4n) is 3.35.